The van der Waals surface area contributed by atoms with Crippen LogP contribution in [-0.2, 0) is 33.3 Å². The highest BCUT2D eigenvalue weighted by Crippen LogP contribution is 2.57. The minimum absolute atomic E-state index is 0.0220. The summed E-state index contributed by atoms with van der Waals surface area (Å²) in [5.41, 5.74) is 0.170. The molecule has 1 N–H and O–H groups in total. The van der Waals surface area contributed by atoms with Crippen LogP contribution < -0.4 is 5.32 Å². The molecule has 3 aromatic rings. The number of hydrogen-bond acceptors (Lipinski definition) is 3. The van der Waals surface area contributed by atoms with E-state index in [0.29, 0.717) is 28.6 Å². The minimum atomic E-state index is -4.46. The normalized spacial score (nSPS) is 21.7. The Morgan fingerprint density at radius 3 is 2.28 bits per heavy atom. The standard InChI is InChI=1S/C33H34Cl2F3N3O2/c1-22(42)39-31(24-8-4-3-5-9-24)13-15-41(16-14-31)21-27-19-32(27,25-11-12-28(34)29(35)18-25)30(43)40(2)20-23-7-6-10-26(17-23)33(36,37)38/h3-12,17-18,27H,13-16,19-21H2,1-2H3,(H,39,42). The van der Waals surface area contributed by atoms with Gasteiger partial charge in [-0.3, -0.25) is 9.59 Å². The van der Waals surface area contributed by atoms with Crippen LogP contribution in [0.2, 0.25) is 10.0 Å². The Morgan fingerprint density at radius 1 is 0.953 bits per heavy atom. The molecule has 10 heteroatoms. The summed E-state index contributed by atoms with van der Waals surface area (Å²) in [7, 11) is 1.62. The zero-order valence-electron chi connectivity index (χ0n) is 24.1. The molecule has 1 saturated carbocycles. The summed E-state index contributed by atoms with van der Waals surface area (Å²) in [5, 5.41) is 3.93. The van der Waals surface area contributed by atoms with Crippen molar-refractivity contribution in [3.63, 3.8) is 0 Å². The van der Waals surface area contributed by atoms with Crippen molar-refractivity contribution < 1.29 is 22.8 Å². The first-order valence-corrected chi connectivity index (χ1v) is 15.0. The lowest BCUT2D eigenvalue weighted by Gasteiger charge is -2.43. The van der Waals surface area contributed by atoms with Crippen LogP contribution in [0.4, 0.5) is 13.2 Å². The SMILES string of the molecule is CC(=O)NC1(c2ccccc2)CCN(CC2CC2(C(=O)N(C)Cc2cccc(C(F)(F)F)c2)c2ccc(Cl)c(Cl)c2)CC1. The maximum absolute atomic E-state index is 14.1. The fourth-order valence-electron chi connectivity index (χ4n) is 6.60. The average Bonchev–Trinajstić information content (AvgIpc) is 3.69. The quantitative estimate of drug-likeness (QED) is 0.290. The molecule has 0 radical (unpaired) electrons. The van der Waals surface area contributed by atoms with Crippen LogP contribution in [0.15, 0.2) is 72.8 Å². The van der Waals surface area contributed by atoms with Gasteiger partial charge in [-0.1, -0.05) is 71.7 Å². The van der Waals surface area contributed by atoms with Gasteiger partial charge in [-0.25, -0.2) is 0 Å². The van der Waals surface area contributed by atoms with Crippen LogP contribution in [0.25, 0.3) is 0 Å². The molecule has 1 aliphatic heterocycles. The Bertz CT molecular complexity index is 1490. The second-order valence-corrected chi connectivity index (χ2v) is 12.6. The third-order valence-electron chi connectivity index (χ3n) is 8.87. The molecular formula is C33H34Cl2F3N3O2. The summed E-state index contributed by atoms with van der Waals surface area (Å²) < 4.78 is 39.9. The van der Waals surface area contributed by atoms with Crippen LogP contribution in [0.5, 0.6) is 0 Å². The number of halogens is 5. The van der Waals surface area contributed by atoms with Crippen molar-refractivity contribution in [2.75, 3.05) is 26.7 Å². The molecule has 1 saturated heterocycles. The Kier molecular flexibility index (Phi) is 8.85. The molecule has 1 aliphatic carbocycles. The van der Waals surface area contributed by atoms with Gasteiger partial charge in [0.05, 0.1) is 26.6 Å². The van der Waals surface area contributed by atoms with E-state index in [9.17, 15) is 22.8 Å². The predicted octanol–water partition coefficient (Wildman–Crippen LogP) is 7.06. The van der Waals surface area contributed by atoms with Crippen molar-refractivity contribution in [1.82, 2.24) is 15.1 Å². The molecule has 43 heavy (non-hydrogen) atoms. The minimum Gasteiger partial charge on any atom is -0.347 e. The molecule has 2 fully saturated rings. The van der Waals surface area contributed by atoms with Gasteiger partial charge in [0.1, 0.15) is 0 Å². The van der Waals surface area contributed by atoms with E-state index in [0.717, 1.165) is 49.2 Å². The van der Waals surface area contributed by atoms with E-state index in [-0.39, 0.29) is 24.3 Å². The number of hydrogen-bond donors (Lipinski definition) is 1. The van der Waals surface area contributed by atoms with E-state index in [1.807, 2.05) is 36.4 Å². The number of rotatable bonds is 8. The fraction of sp³-hybridized carbons (Fsp3) is 0.394. The van der Waals surface area contributed by atoms with Crippen molar-refractivity contribution in [3.05, 3.63) is 105 Å². The zero-order valence-corrected chi connectivity index (χ0v) is 25.6. The topological polar surface area (TPSA) is 52.7 Å². The first-order chi connectivity index (χ1) is 20.3. The molecule has 5 rings (SSSR count). The van der Waals surface area contributed by atoms with Gasteiger partial charge in [-0.15, -0.1) is 0 Å². The van der Waals surface area contributed by atoms with E-state index >= 15 is 0 Å². The highest BCUT2D eigenvalue weighted by atomic mass is 35.5. The molecule has 0 aromatic heterocycles. The maximum atomic E-state index is 14.1. The van der Waals surface area contributed by atoms with Crippen molar-refractivity contribution in [2.45, 2.75) is 49.9 Å². The van der Waals surface area contributed by atoms with Crippen molar-refractivity contribution in [2.24, 2.45) is 5.92 Å². The lowest BCUT2D eigenvalue weighted by Crippen LogP contribution is -2.53. The number of piperidine rings is 1. The number of likely N-dealkylation sites (tertiary alicyclic amines) is 1. The number of likely N-dealkylation sites (N-methyl/N-ethyl adjacent to an activating group) is 1. The van der Waals surface area contributed by atoms with E-state index in [1.165, 1.54) is 17.9 Å². The molecule has 0 bridgehead atoms. The number of amides is 2. The van der Waals surface area contributed by atoms with Crippen LogP contribution in [0.3, 0.4) is 0 Å². The number of alkyl halides is 3. The van der Waals surface area contributed by atoms with Crippen molar-refractivity contribution >= 4 is 35.0 Å². The molecule has 5 nitrogen and oxygen atoms in total. The van der Waals surface area contributed by atoms with Gasteiger partial charge < -0.3 is 15.1 Å². The Balaban J connectivity index is 1.35. The summed E-state index contributed by atoms with van der Waals surface area (Å²) in [5.74, 6) is -0.263. The first-order valence-electron chi connectivity index (χ1n) is 14.3. The van der Waals surface area contributed by atoms with Crippen LogP contribution >= 0.6 is 23.2 Å². The maximum Gasteiger partial charge on any atom is 0.416 e. The third kappa shape index (κ3) is 6.56. The fourth-order valence-corrected chi connectivity index (χ4v) is 6.90. The summed E-state index contributed by atoms with van der Waals surface area (Å²) in [6.07, 6.45) is -2.42. The lowest BCUT2D eigenvalue weighted by atomic mass is 9.80. The van der Waals surface area contributed by atoms with Crippen molar-refractivity contribution in [3.8, 4) is 0 Å². The summed E-state index contributed by atoms with van der Waals surface area (Å²) >= 11 is 12.6. The van der Waals surface area contributed by atoms with Gasteiger partial charge in [0.15, 0.2) is 0 Å². The highest BCUT2D eigenvalue weighted by Gasteiger charge is 2.62. The lowest BCUT2D eigenvalue weighted by molar-refractivity contribution is -0.137. The number of benzene rings is 3. The largest absolute Gasteiger partial charge is 0.416 e. The van der Waals surface area contributed by atoms with Gasteiger partial charge in [0.2, 0.25) is 11.8 Å². The molecule has 228 valence electrons. The summed E-state index contributed by atoms with van der Waals surface area (Å²) in [6.45, 7) is 3.70. The molecular weight excluding hydrogens is 598 g/mol. The molecule has 2 atom stereocenters. The van der Waals surface area contributed by atoms with Gasteiger partial charge >= 0.3 is 6.18 Å². The second-order valence-electron chi connectivity index (χ2n) is 11.8. The smallest absolute Gasteiger partial charge is 0.347 e. The number of carbonyl (C=O) groups excluding carboxylic acids is 2. The first kappa shape index (κ1) is 31.4. The molecule has 0 spiro atoms. The average molecular weight is 633 g/mol. The van der Waals surface area contributed by atoms with Crippen LogP contribution in [0, 0.1) is 5.92 Å². The zero-order chi connectivity index (χ0) is 31.0. The van der Waals surface area contributed by atoms with Gasteiger partial charge in [-0.2, -0.15) is 13.2 Å². The van der Waals surface area contributed by atoms with Gasteiger partial charge in [0, 0.05) is 40.2 Å². The van der Waals surface area contributed by atoms with E-state index in [4.69, 9.17) is 23.2 Å². The Labute approximate surface area is 260 Å². The molecule has 2 unspecified atom stereocenters. The van der Waals surface area contributed by atoms with Crippen LogP contribution in [-0.4, -0.2) is 48.3 Å². The second kappa shape index (κ2) is 12.1. The number of nitrogens with zero attached hydrogens (tertiary/aromatic N) is 2. The molecule has 1 heterocycles. The number of nitrogens with one attached hydrogen (secondary N) is 1. The Morgan fingerprint density at radius 2 is 1.65 bits per heavy atom. The molecule has 2 aliphatic rings. The monoisotopic (exact) mass is 631 g/mol. The molecule has 2 amide bonds. The van der Waals surface area contributed by atoms with Crippen molar-refractivity contribution in [1.29, 1.82) is 0 Å². The third-order valence-corrected chi connectivity index (χ3v) is 9.61. The summed E-state index contributed by atoms with van der Waals surface area (Å²) in [4.78, 5) is 30.1. The predicted molar refractivity (Wildman–Crippen MR) is 162 cm³/mol. The van der Waals surface area contributed by atoms with Crippen LogP contribution in [0.1, 0.15) is 48.4 Å². The van der Waals surface area contributed by atoms with E-state index < -0.39 is 22.7 Å². The molecule has 3 aromatic carbocycles. The van der Waals surface area contributed by atoms with E-state index in [1.54, 1.807) is 25.2 Å². The Hall–Kier alpha value is -3.07. The van der Waals surface area contributed by atoms with Gasteiger partial charge in [-0.05, 0) is 66.1 Å². The number of carbonyl (C=O) groups is 2. The van der Waals surface area contributed by atoms with Gasteiger partial charge in [0.25, 0.3) is 0 Å². The summed E-state index contributed by atoms with van der Waals surface area (Å²) in [6, 6.07) is 20.3. The highest BCUT2D eigenvalue weighted by molar-refractivity contribution is 6.42. The van der Waals surface area contributed by atoms with E-state index in [2.05, 4.69) is 10.2 Å².